The molecule has 0 spiro atoms. The van der Waals surface area contributed by atoms with Gasteiger partial charge < -0.3 is 15.5 Å². The van der Waals surface area contributed by atoms with Crippen LogP contribution < -0.4 is 10.5 Å². The van der Waals surface area contributed by atoms with Crippen molar-refractivity contribution < 1.29 is 4.74 Å². The van der Waals surface area contributed by atoms with Crippen LogP contribution in [0.4, 0.5) is 0 Å². The molecule has 0 saturated heterocycles. The number of nitrogens with one attached hydrogen (secondary N) is 1. The highest BCUT2D eigenvalue weighted by atomic mass is 16.5. The fraction of sp³-hybridized carbons (Fsp3) is 0.533. The Labute approximate surface area is 114 Å². The van der Waals surface area contributed by atoms with Gasteiger partial charge in [-0.25, -0.2) is 4.98 Å². The van der Waals surface area contributed by atoms with Gasteiger partial charge in [-0.05, 0) is 32.4 Å². The molecule has 0 radical (unpaired) electrons. The van der Waals surface area contributed by atoms with Gasteiger partial charge in [0, 0.05) is 6.07 Å². The average Bonchev–Trinajstić information content (AvgIpc) is 2.78. The number of hydrogen-bond donors (Lipinski definition) is 2. The normalized spacial score (nSPS) is 13.1. The summed E-state index contributed by atoms with van der Waals surface area (Å²) in [4.78, 5) is 7.85. The van der Waals surface area contributed by atoms with Crippen molar-refractivity contribution in [3.8, 4) is 5.75 Å². The van der Waals surface area contributed by atoms with Crippen LogP contribution in [0, 0.1) is 0 Å². The zero-order chi connectivity index (χ0) is 13.8. The Hall–Kier alpha value is -1.55. The molecule has 1 atom stereocenters. The summed E-state index contributed by atoms with van der Waals surface area (Å²) in [6.45, 7) is 6.20. The van der Waals surface area contributed by atoms with Gasteiger partial charge in [0.2, 0.25) is 0 Å². The number of aromatic nitrogens is 2. The van der Waals surface area contributed by atoms with E-state index in [0.717, 1.165) is 41.9 Å². The van der Waals surface area contributed by atoms with Gasteiger partial charge in [-0.1, -0.05) is 19.8 Å². The minimum absolute atomic E-state index is 0.0122. The molecule has 0 aliphatic rings. The van der Waals surface area contributed by atoms with Crippen molar-refractivity contribution in [3.63, 3.8) is 0 Å². The molecule has 1 heterocycles. The van der Waals surface area contributed by atoms with E-state index in [1.165, 1.54) is 0 Å². The van der Waals surface area contributed by atoms with Gasteiger partial charge in [-0.3, -0.25) is 0 Å². The number of nitrogens with two attached hydrogens (primary N) is 1. The van der Waals surface area contributed by atoms with E-state index in [9.17, 15) is 0 Å². The Morgan fingerprint density at radius 3 is 2.84 bits per heavy atom. The summed E-state index contributed by atoms with van der Waals surface area (Å²) in [6, 6.07) is 5.89. The van der Waals surface area contributed by atoms with Gasteiger partial charge in [-0.2, -0.15) is 0 Å². The van der Waals surface area contributed by atoms with Crippen molar-refractivity contribution in [1.29, 1.82) is 0 Å². The fourth-order valence-corrected chi connectivity index (χ4v) is 2.09. The van der Waals surface area contributed by atoms with Crippen LogP contribution in [-0.2, 0) is 0 Å². The standard InChI is InChI=1S/C15H23N3O/c1-4-5-6-12(16)15-17-13-8-7-11(19-10(2)3)9-14(13)18-15/h7-10,12H,4-6,16H2,1-3H3,(H,17,18). The predicted octanol–water partition coefficient (Wildman–Crippen LogP) is 3.54. The smallest absolute Gasteiger partial charge is 0.124 e. The number of ether oxygens (including phenoxy) is 1. The first-order valence-electron chi connectivity index (χ1n) is 7.02. The Kier molecular flexibility index (Phi) is 4.43. The van der Waals surface area contributed by atoms with Gasteiger partial charge in [0.25, 0.3) is 0 Å². The lowest BCUT2D eigenvalue weighted by Crippen LogP contribution is -2.11. The van der Waals surface area contributed by atoms with E-state index < -0.39 is 0 Å². The maximum Gasteiger partial charge on any atom is 0.124 e. The SMILES string of the molecule is CCCCC(N)c1nc2ccc(OC(C)C)cc2[nH]1. The van der Waals surface area contributed by atoms with Crippen LogP contribution in [0.15, 0.2) is 18.2 Å². The molecule has 0 aliphatic carbocycles. The molecule has 0 bridgehead atoms. The van der Waals surface area contributed by atoms with Gasteiger partial charge in [0.1, 0.15) is 11.6 Å². The number of benzene rings is 1. The minimum Gasteiger partial charge on any atom is -0.491 e. The molecule has 104 valence electrons. The van der Waals surface area contributed by atoms with Crippen molar-refractivity contribution >= 4 is 11.0 Å². The lowest BCUT2D eigenvalue weighted by molar-refractivity contribution is 0.242. The molecule has 19 heavy (non-hydrogen) atoms. The van der Waals surface area contributed by atoms with Crippen LogP contribution in [0.25, 0.3) is 11.0 Å². The molecule has 0 amide bonds. The highest BCUT2D eigenvalue weighted by Gasteiger charge is 2.11. The highest BCUT2D eigenvalue weighted by Crippen LogP contribution is 2.23. The maximum atomic E-state index is 6.14. The van der Waals surface area contributed by atoms with Crippen molar-refractivity contribution in [2.75, 3.05) is 0 Å². The monoisotopic (exact) mass is 261 g/mol. The second-order valence-corrected chi connectivity index (χ2v) is 5.22. The second kappa shape index (κ2) is 6.06. The molecule has 1 unspecified atom stereocenters. The topological polar surface area (TPSA) is 63.9 Å². The second-order valence-electron chi connectivity index (χ2n) is 5.22. The van der Waals surface area contributed by atoms with Crippen molar-refractivity contribution in [3.05, 3.63) is 24.0 Å². The largest absolute Gasteiger partial charge is 0.491 e. The van der Waals surface area contributed by atoms with Gasteiger partial charge in [-0.15, -0.1) is 0 Å². The predicted molar refractivity (Wildman–Crippen MR) is 78.3 cm³/mol. The Bertz CT molecular complexity index is 533. The molecule has 1 aromatic carbocycles. The zero-order valence-corrected chi connectivity index (χ0v) is 11.9. The van der Waals surface area contributed by atoms with Crippen LogP contribution in [0.1, 0.15) is 51.9 Å². The molecule has 4 nitrogen and oxygen atoms in total. The Morgan fingerprint density at radius 2 is 2.16 bits per heavy atom. The first-order chi connectivity index (χ1) is 9.10. The van der Waals surface area contributed by atoms with Crippen molar-refractivity contribution in [1.82, 2.24) is 9.97 Å². The van der Waals surface area contributed by atoms with Gasteiger partial charge in [0.15, 0.2) is 0 Å². The van der Waals surface area contributed by atoms with Crippen LogP contribution in [-0.4, -0.2) is 16.1 Å². The fourth-order valence-electron chi connectivity index (χ4n) is 2.09. The third-order valence-electron chi connectivity index (χ3n) is 3.06. The first kappa shape index (κ1) is 13.9. The number of H-pyrrole nitrogens is 1. The summed E-state index contributed by atoms with van der Waals surface area (Å²) >= 11 is 0. The van der Waals surface area contributed by atoms with E-state index >= 15 is 0 Å². The minimum atomic E-state index is -0.0122. The summed E-state index contributed by atoms with van der Waals surface area (Å²) in [6.07, 6.45) is 3.41. The van der Waals surface area contributed by atoms with Crippen LogP contribution in [0.3, 0.4) is 0 Å². The van der Waals surface area contributed by atoms with Crippen molar-refractivity contribution in [2.24, 2.45) is 5.73 Å². The summed E-state index contributed by atoms with van der Waals surface area (Å²) in [7, 11) is 0. The third-order valence-corrected chi connectivity index (χ3v) is 3.06. The molecular weight excluding hydrogens is 238 g/mol. The van der Waals surface area contributed by atoms with E-state index in [0.29, 0.717) is 0 Å². The molecule has 2 rings (SSSR count). The molecule has 0 fully saturated rings. The summed E-state index contributed by atoms with van der Waals surface area (Å²) in [5.74, 6) is 1.73. The van der Waals surface area contributed by atoms with E-state index in [4.69, 9.17) is 10.5 Å². The number of imidazole rings is 1. The molecule has 3 N–H and O–H groups in total. The quantitative estimate of drug-likeness (QED) is 0.836. The van der Waals surface area contributed by atoms with Crippen LogP contribution in [0.5, 0.6) is 5.75 Å². The number of hydrogen-bond acceptors (Lipinski definition) is 3. The van der Waals surface area contributed by atoms with Crippen LogP contribution >= 0.6 is 0 Å². The van der Waals surface area contributed by atoms with E-state index in [-0.39, 0.29) is 12.1 Å². The molecule has 0 saturated carbocycles. The average molecular weight is 261 g/mol. The zero-order valence-electron chi connectivity index (χ0n) is 11.9. The van der Waals surface area contributed by atoms with E-state index in [1.54, 1.807) is 0 Å². The number of rotatable bonds is 6. The molecule has 1 aromatic heterocycles. The molecule has 4 heteroatoms. The van der Waals surface area contributed by atoms with E-state index in [1.807, 2.05) is 32.0 Å². The summed E-state index contributed by atoms with van der Waals surface area (Å²) in [5, 5.41) is 0. The van der Waals surface area contributed by atoms with Crippen molar-refractivity contribution in [2.45, 2.75) is 52.2 Å². The van der Waals surface area contributed by atoms with Gasteiger partial charge >= 0.3 is 0 Å². The number of nitrogens with zero attached hydrogens (tertiary/aromatic N) is 1. The Balaban J connectivity index is 2.20. The molecular formula is C15H23N3O. The van der Waals surface area contributed by atoms with Crippen LogP contribution in [0.2, 0.25) is 0 Å². The third kappa shape index (κ3) is 3.47. The van der Waals surface area contributed by atoms with Gasteiger partial charge in [0.05, 0.1) is 23.2 Å². The summed E-state index contributed by atoms with van der Waals surface area (Å²) < 4.78 is 5.68. The Morgan fingerprint density at radius 1 is 1.37 bits per heavy atom. The summed E-state index contributed by atoms with van der Waals surface area (Å²) in [5.41, 5.74) is 8.07. The highest BCUT2D eigenvalue weighted by molar-refractivity contribution is 5.76. The lowest BCUT2D eigenvalue weighted by atomic mass is 10.1. The number of fused-ring (bicyclic) bond motifs is 1. The first-order valence-corrected chi connectivity index (χ1v) is 7.02. The maximum absolute atomic E-state index is 6.14. The van der Waals surface area contributed by atoms with E-state index in [2.05, 4.69) is 16.9 Å². The molecule has 2 aromatic rings. The number of unbranched alkanes of at least 4 members (excludes halogenated alkanes) is 1. The lowest BCUT2D eigenvalue weighted by Gasteiger charge is -2.08. The molecule has 0 aliphatic heterocycles. The number of aromatic amines is 1.